The molecule has 21 heavy (non-hydrogen) atoms. The summed E-state index contributed by atoms with van der Waals surface area (Å²) in [4.78, 5) is -0.00198. The van der Waals surface area contributed by atoms with Crippen LogP contribution in [0.3, 0.4) is 0 Å². The van der Waals surface area contributed by atoms with Gasteiger partial charge in [0.1, 0.15) is 10.7 Å². The molecule has 7 heteroatoms. The lowest BCUT2D eigenvalue weighted by Crippen LogP contribution is -2.17. The Morgan fingerprint density at radius 1 is 1.19 bits per heavy atom. The van der Waals surface area contributed by atoms with Gasteiger partial charge in [0.05, 0.1) is 16.4 Å². The summed E-state index contributed by atoms with van der Waals surface area (Å²) in [7, 11) is -3.91. The number of rotatable bonds is 3. The van der Waals surface area contributed by atoms with E-state index in [4.69, 9.17) is 17.3 Å². The molecule has 0 spiro atoms. The van der Waals surface area contributed by atoms with Crippen molar-refractivity contribution in [2.24, 2.45) is 0 Å². The highest BCUT2D eigenvalue weighted by molar-refractivity contribution is 7.93. The first-order valence-corrected chi connectivity index (χ1v) is 7.92. The van der Waals surface area contributed by atoms with E-state index in [1.165, 1.54) is 18.2 Å². The molecule has 0 amide bonds. The molecule has 0 saturated carbocycles. The minimum Gasteiger partial charge on any atom is -0.398 e. The fraction of sp³-hybridized carbons (Fsp3) is 0.143. The van der Waals surface area contributed by atoms with Gasteiger partial charge in [0.15, 0.2) is 0 Å². The third kappa shape index (κ3) is 3.11. The fourth-order valence-corrected chi connectivity index (χ4v) is 3.53. The van der Waals surface area contributed by atoms with Crippen LogP contribution in [-0.2, 0) is 10.0 Å². The standard InChI is InChI=1S/C14H14ClFN2O2S/c1-8-3-6-13(17)14(9(8)2)21(19,20)18-10-4-5-11(15)12(16)7-10/h3-7,18H,17H2,1-2H3. The van der Waals surface area contributed by atoms with Crippen molar-refractivity contribution in [3.05, 3.63) is 52.3 Å². The highest BCUT2D eigenvalue weighted by atomic mass is 35.5. The van der Waals surface area contributed by atoms with E-state index in [0.717, 1.165) is 11.6 Å². The number of nitrogens with one attached hydrogen (secondary N) is 1. The molecule has 0 atom stereocenters. The minimum absolute atomic E-state index is 0.00198. The molecule has 0 heterocycles. The lowest BCUT2D eigenvalue weighted by Gasteiger charge is -2.14. The molecule has 2 aromatic rings. The molecule has 112 valence electrons. The topological polar surface area (TPSA) is 72.2 Å². The molecule has 0 saturated heterocycles. The molecular formula is C14H14ClFN2O2S. The van der Waals surface area contributed by atoms with E-state index < -0.39 is 15.8 Å². The Kier molecular flexibility index (Phi) is 4.11. The molecule has 0 fully saturated rings. The molecule has 0 aliphatic carbocycles. The van der Waals surface area contributed by atoms with E-state index >= 15 is 0 Å². The lowest BCUT2D eigenvalue weighted by atomic mass is 10.1. The maximum Gasteiger partial charge on any atom is 0.264 e. The Bertz CT molecular complexity index is 807. The summed E-state index contributed by atoms with van der Waals surface area (Å²) >= 11 is 5.57. The second-order valence-corrected chi connectivity index (χ2v) is 6.69. The minimum atomic E-state index is -3.91. The number of nitrogen functional groups attached to an aromatic ring is 1. The van der Waals surface area contributed by atoms with Crippen LogP contribution in [0, 0.1) is 19.7 Å². The van der Waals surface area contributed by atoms with Crippen LogP contribution in [0.15, 0.2) is 35.2 Å². The maximum absolute atomic E-state index is 13.4. The van der Waals surface area contributed by atoms with Crippen molar-refractivity contribution in [1.29, 1.82) is 0 Å². The third-order valence-electron chi connectivity index (χ3n) is 3.15. The van der Waals surface area contributed by atoms with Crippen molar-refractivity contribution in [3.63, 3.8) is 0 Å². The average molecular weight is 329 g/mol. The van der Waals surface area contributed by atoms with Gasteiger partial charge in [-0.1, -0.05) is 17.7 Å². The Balaban J connectivity index is 2.48. The fourth-order valence-electron chi connectivity index (χ4n) is 1.93. The van der Waals surface area contributed by atoms with Gasteiger partial charge < -0.3 is 5.73 Å². The van der Waals surface area contributed by atoms with Gasteiger partial charge in [-0.25, -0.2) is 12.8 Å². The van der Waals surface area contributed by atoms with Gasteiger partial charge in [0.25, 0.3) is 10.0 Å². The normalized spacial score (nSPS) is 11.4. The first-order chi connectivity index (χ1) is 9.72. The van der Waals surface area contributed by atoms with E-state index in [1.54, 1.807) is 19.9 Å². The molecule has 4 nitrogen and oxygen atoms in total. The zero-order valence-electron chi connectivity index (χ0n) is 11.4. The lowest BCUT2D eigenvalue weighted by molar-refractivity contribution is 0.600. The van der Waals surface area contributed by atoms with Crippen molar-refractivity contribution in [2.45, 2.75) is 18.7 Å². The second-order valence-electron chi connectivity index (χ2n) is 4.66. The molecule has 2 aromatic carbocycles. The van der Waals surface area contributed by atoms with Crippen LogP contribution in [-0.4, -0.2) is 8.42 Å². The van der Waals surface area contributed by atoms with Crippen molar-refractivity contribution < 1.29 is 12.8 Å². The molecule has 3 N–H and O–H groups in total. The second kappa shape index (κ2) is 5.54. The van der Waals surface area contributed by atoms with Crippen LogP contribution in [0.2, 0.25) is 5.02 Å². The molecule has 0 aliphatic rings. The van der Waals surface area contributed by atoms with Crippen LogP contribution < -0.4 is 10.5 Å². The van der Waals surface area contributed by atoms with Crippen LogP contribution in [0.4, 0.5) is 15.8 Å². The number of sulfonamides is 1. The summed E-state index contributed by atoms with van der Waals surface area (Å²) in [5.41, 5.74) is 7.34. The van der Waals surface area contributed by atoms with Crippen LogP contribution in [0.1, 0.15) is 11.1 Å². The van der Waals surface area contributed by atoms with Gasteiger partial charge in [0.2, 0.25) is 0 Å². The first-order valence-electron chi connectivity index (χ1n) is 6.06. The summed E-state index contributed by atoms with van der Waals surface area (Å²) in [6.45, 7) is 3.46. The number of nitrogens with two attached hydrogens (primary N) is 1. The molecule has 0 radical (unpaired) electrons. The molecule has 0 aromatic heterocycles. The quantitative estimate of drug-likeness (QED) is 0.847. The number of benzene rings is 2. The molecular weight excluding hydrogens is 315 g/mol. The van der Waals surface area contributed by atoms with Gasteiger partial charge in [-0.2, -0.15) is 0 Å². The smallest absolute Gasteiger partial charge is 0.264 e. The van der Waals surface area contributed by atoms with E-state index in [0.29, 0.717) is 5.56 Å². The van der Waals surface area contributed by atoms with E-state index in [9.17, 15) is 12.8 Å². The summed E-state index contributed by atoms with van der Waals surface area (Å²) in [6, 6.07) is 6.94. The summed E-state index contributed by atoms with van der Waals surface area (Å²) in [6.07, 6.45) is 0. The molecule has 0 bridgehead atoms. The predicted molar refractivity (Wildman–Crippen MR) is 82.5 cm³/mol. The predicted octanol–water partition coefficient (Wildman–Crippen LogP) is 3.48. The summed E-state index contributed by atoms with van der Waals surface area (Å²) in [5.74, 6) is -0.703. The summed E-state index contributed by atoms with van der Waals surface area (Å²) < 4.78 is 40.6. The van der Waals surface area contributed by atoms with Gasteiger partial charge in [-0.15, -0.1) is 0 Å². The van der Waals surface area contributed by atoms with Crippen LogP contribution in [0.5, 0.6) is 0 Å². The molecule has 2 rings (SSSR count). The van der Waals surface area contributed by atoms with Gasteiger partial charge in [-0.3, -0.25) is 4.72 Å². The third-order valence-corrected chi connectivity index (χ3v) is 5.04. The van der Waals surface area contributed by atoms with E-state index in [-0.39, 0.29) is 21.3 Å². The SMILES string of the molecule is Cc1ccc(N)c(S(=O)(=O)Nc2ccc(Cl)c(F)c2)c1C. The van der Waals surface area contributed by atoms with E-state index in [2.05, 4.69) is 4.72 Å². The number of hydrogen-bond donors (Lipinski definition) is 2. The number of aryl methyl sites for hydroxylation is 1. The van der Waals surface area contributed by atoms with Crippen molar-refractivity contribution >= 4 is 33.0 Å². The van der Waals surface area contributed by atoms with Crippen LogP contribution >= 0.6 is 11.6 Å². The Morgan fingerprint density at radius 3 is 2.48 bits per heavy atom. The summed E-state index contributed by atoms with van der Waals surface area (Å²) in [5, 5.41) is -0.0794. The number of anilines is 2. The van der Waals surface area contributed by atoms with Gasteiger partial charge in [-0.05, 0) is 49.2 Å². The Labute approximate surface area is 127 Å². The van der Waals surface area contributed by atoms with Crippen LogP contribution in [0.25, 0.3) is 0 Å². The Morgan fingerprint density at radius 2 is 1.86 bits per heavy atom. The zero-order chi connectivity index (χ0) is 15.8. The molecule has 0 unspecified atom stereocenters. The largest absolute Gasteiger partial charge is 0.398 e. The molecule has 0 aliphatic heterocycles. The average Bonchev–Trinajstić information content (AvgIpc) is 2.38. The monoisotopic (exact) mass is 328 g/mol. The van der Waals surface area contributed by atoms with E-state index in [1.807, 2.05) is 0 Å². The Hall–Kier alpha value is -1.79. The van der Waals surface area contributed by atoms with Crippen molar-refractivity contribution in [2.75, 3.05) is 10.5 Å². The van der Waals surface area contributed by atoms with Gasteiger partial charge in [0, 0.05) is 0 Å². The number of hydrogen-bond acceptors (Lipinski definition) is 3. The number of halogens is 2. The van der Waals surface area contributed by atoms with Gasteiger partial charge >= 0.3 is 0 Å². The zero-order valence-corrected chi connectivity index (χ0v) is 13.0. The van der Waals surface area contributed by atoms with Crippen molar-refractivity contribution in [3.8, 4) is 0 Å². The highest BCUT2D eigenvalue weighted by Gasteiger charge is 2.21. The van der Waals surface area contributed by atoms with Crippen molar-refractivity contribution in [1.82, 2.24) is 0 Å². The maximum atomic E-state index is 13.4. The first kappa shape index (κ1) is 15.6. The highest BCUT2D eigenvalue weighted by Crippen LogP contribution is 2.28.